The maximum Gasteiger partial charge on any atom is 0.0689 e. The van der Waals surface area contributed by atoms with E-state index in [1.807, 2.05) is 6.08 Å². The Balaban J connectivity index is 2.56. The topological polar surface area (TPSA) is 20.2 Å². The SMILES string of the molecule is OCC1C=C(Cl)C(Cl)CC1. The summed E-state index contributed by atoms with van der Waals surface area (Å²) in [5.41, 5.74) is 0. The van der Waals surface area contributed by atoms with Gasteiger partial charge in [-0.2, -0.15) is 0 Å². The lowest BCUT2D eigenvalue weighted by Crippen LogP contribution is -2.14. The highest BCUT2D eigenvalue weighted by molar-refractivity contribution is 6.37. The predicted molar refractivity (Wildman–Crippen MR) is 43.4 cm³/mol. The van der Waals surface area contributed by atoms with E-state index in [4.69, 9.17) is 28.3 Å². The minimum atomic E-state index is -0.0236. The lowest BCUT2D eigenvalue weighted by Gasteiger charge is -2.19. The largest absolute Gasteiger partial charge is 0.396 e. The van der Waals surface area contributed by atoms with E-state index in [1.165, 1.54) is 0 Å². The maximum absolute atomic E-state index is 8.75. The van der Waals surface area contributed by atoms with E-state index in [2.05, 4.69) is 0 Å². The van der Waals surface area contributed by atoms with Crippen molar-refractivity contribution in [3.05, 3.63) is 11.1 Å². The molecule has 1 N–H and O–H groups in total. The zero-order valence-electron chi connectivity index (χ0n) is 5.56. The molecule has 3 heteroatoms. The monoisotopic (exact) mass is 180 g/mol. The number of rotatable bonds is 1. The highest BCUT2D eigenvalue weighted by atomic mass is 35.5. The Bertz CT molecular complexity index is 145. The molecule has 0 aromatic carbocycles. The highest BCUT2D eigenvalue weighted by Crippen LogP contribution is 2.29. The minimum Gasteiger partial charge on any atom is -0.396 e. The molecule has 0 aromatic rings. The molecule has 2 atom stereocenters. The van der Waals surface area contributed by atoms with Gasteiger partial charge in [-0.25, -0.2) is 0 Å². The van der Waals surface area contributed by atoms with Crippen LogP contribution < -0.4 is 0 Å². The summed E-state index contributed by atoms with van der Waals surface area (Å²) in [5.74, 6) is 0.225. The first-order chi connectivity index (χ1) is 4.74. The minimum absolute atomic E-state index is 0.0236. The second-order valence-electron chi connectivity index (χ2n) is 2.54. The van der Waals surface area contributed by atoms with E-state index in [0.29, 0.717) is 5.03 Å². The van der Waals surface area contributed by atoms with Crippen LogP contribution in [0.1, 0.15) is 12.8 Å². The van der Waals surface area contributed by atoms with Gasteiger partial charge in [0.25, 0.3) is 0 Å². The number of hydrogen-bond donors (Lipinski definition) is 1. The normalized spacial score (nSPS) is 33.7. The Labute approximate surface area is 70.6 Å². The zero-order chi connectivity index (χ0) is 7.56. The predicted octanol–water partition coefficient (Wildman–Crippen LogP) is 2.12. The molecule has 0 saturated carbocycles. The molecular weight excluding hydrogens is 171 g/mol. The van der Waals surface area contributed by atoms with Gasteiger partial charge in [0.05, 0.1) is 5.38 Å². The summed E-state index contributed by atoms with van der Waals surface area (Å²) in [6, 6.07) is 0. The van der Waals surface area contributed by atoms with E-state index >= 15 is 0 Å². The van der Waals surface area contributed by atoms with E-state index in [9.17, 15) is 0 Å². The molecule has 0 bridgehead atoms. The number of aliphatic hydroxyl groups excluding tert-OH is 1. The molecule has 1 aliphatic rings. The van der Waals surface area contributed by atoms with Crippen LogP contribution in [-0.2, 0) is 0 Å². The lowest BCUT2D eigenvalue weighted by molar-refractivity contribution is 0.241. The summed E-state index contributed by atoms with van der Waals surface area (Å²) in [6.07, 6.45) is 3.67. The van der Waals surface area contributed by atoms with Gasteiger partial charge in [-0.05, 0) is 12.8 Å². The third kappa shape index (κ3) is 1.88. The quantitative estimate of drug-likeness (QED) is 0.614. The van der Waals surface area contributed by atoms with Crippen molar-refractivity contribution >= 4 is 23.2 Å². The number of aliphatic hydroxyl groups is 1. The molecule has 58 valence electrons. The van der Waals surface area contributed by atoms with E-state index < -0.39 is 0 Å². The number of halogens is 2. The Morgan fingerprint density at radius 2 is 2.30 bits per heavy atom. The van der Waals surface area contributed by atoms with Crippen LogP contribution in [0.2, 0.25) is 0 Å². The van der Waals surface area contributed by atoms with E-state index in [1.54, 1.807) is 0 Å². The van der Waals surface area contributed by atoms with Crippen LogP contribution in [0.4, 0.5) is 0 Å². The molecule has 1 rings (SSSR count). The molecule has 2 unspecified atom stereocenters. The zero-order valence-corrected chi connectivity index (χ0v) is 7.07. The van der Waals surface area contributed by atoms with Gasteiger partial charge in [0.15, 0.2) is 0 Å². The first kappa shape index (κ1) is 8.38. The van der Waals surface area contributed by atoms with Gasteiger partial charge < -0.3 is 5.11 Å². The molecule has 0 amide bonds. The maximum atomic E-state index is 8.75. The molecule has 1 aliphatic carbocycles. The average Bonchev–Trinajstić information content (AvgIpc) is 1.95. The molecule has 0 saturated heterocycles. The number of hydrogen-bond acceptors (Lipinski definition) is 1. The fraction of sp³-hybridized carbons (Fsp3) is 0.714. The molecule has 0 fully saturated rings. The Morgan fingerprint density at radius 3 is 2.80 bits per heavy atom. The summed E-state index contributed by atoms with van der Waals surface area (Å²) in [4.78, 5) is 0. The molecule has 0 spiro atoms. The van der Waals surface area contributed by atoms with Crippen LogP contribution >= 0.6 is 23.2 Å². The fourth-order valence-corrected chi connectivity index (χ4v) is 1.54. The van der Waals surface area contributed by atoms with Gasteiger partial charge in [-0.15, -0.1) is 11.6 Å². The molecule has 0 radical (unpaired) electrons. The van der Waals surface area contributed by atoms with Gasteiger partial charge in [0, 0.05) is 17.6 Å². The molecule has 1 nitrogen and oxygen atoms in total. The van der Waals surface area contributed by atoms with Crippen molar-refractivity contribution in [2.45, 2.75) is 18.2 Å². The summed E-state index contributed by atoms with van der Waals surface area (Å²) in [7, 11) is 0. The Kier molecular flexibility index (Phi) is 3.02. The average molecular weight is 181 g/mol. The number of allylic oxidation sites excluding steroid dienone is 1. The third-order valence-electron chi connectivity index (χ3n) is 1.72. The van der Waals surface area contributed by atoms with Crippen LogP contribution in [0.15, 0.2) is 11.1 Å². The van der Waals surface area contributed by atoms with Gasteiger partial charge in [-0.3, -0.25) is 0 Å². The van der Waals surface area contributed by atoms with Crippen molar-refractivity contribution in [2.24, 2.45) is 5.92 Å². The van der Waals surface area contributed by atoms with Crippen LogP contribution in [0.5, 0.6) is 0 Å². The van der Waals surface area contributed by atoms with Gasteiger partial charge >= 0.3 is 0 Å². The smallest absolute Gasteiger partial charge is 0.0689 e. The molecule has 0 aliphatic heterocycles. The van der Waals surface area contributed by atoms with Crippen molar-refractivity contribution in [3.63, 3.8) is 0 Å². The van der Waals surface area contributed by atoms with Crippen LogP contribution in [0.3, 0.4) is 0 Å². The highest BCUT2D eigenvalue weighted by Gasteiger charge is 2.18. The molecule has 0 aromatic heterocycles. The van der Waals surface area contributed by atoms with Gasteiger partial charge in [0.1, 0.15) is 0 Å². The van der Waals surface area contributed by atoms with Crippen molar-refractivity contribution in [1.29, 1.82) is 0 Å². The Morgan fingerprint density at radius 1 is 1.60 bits per heavy atom. The van der Waals surface area contributed by atoms with Crippen molar-refractivity contribution in [3.8, 4) is 0 Å². The van der Waals surface area contributed by atoms with Gasteiger partial charge in [-0.1, -0.05) is 17.7 Å². The van der Waals surface area contributed by atoms with Crippen molar-refractivity contribution in [1.82, 2.24) is 0 Å². The van der Waals surface area contributed by atoms with Crippen molar-refractivity contribution < 1.29 is 5.11 Å². The standard InChI is InChI=1S/C7H10Cl2O/c8-6-2-1-5(4-10)3-7(6)9/h3,5-6,10H,1-2,4H2. The summed E-state index contributed by atoms with van der Waals surface area (Å²) >= 11 is 11.6. The van der Waals surface area contributed by atoms with Crippen LogP contribution in [0.25, 0.3) is 0 Å². The second kappa shape index (κ2) is 3.61. The van der Waals surface area contributed by atoms with Crippen LogP contribution in [-0.4, -0.2) is 17.1 Å². The third-order valence-corrected chi connectivity index (χ3v) is 2.67. The molecule has 10 heavy (non-hydrogen) atoms. The molecular formula is C7H10Cl2O. The summed E-state index contributed by atoms with van der Waals surface area (Å²) in [6.45, 7) is 0.180. The first-order valence-corrected chi connectivity index (χ1v) is 4.17. The van der Waals surface area contributed by atoms with Crippen molar-refractivity contribution in [2.75, 3.05) is 6.61 Å². The first-order valence-electron chi connectivity index (χ1n) is 3.36. The molecule has 0 heterocycles. The van der Waals surface area contributed by atoms with Crippen LogP contribution in [0, 0.1) is 5.92 Å². The fourth-order valence-electron chi connectivity index (χ4n) is 1.06. The number of alkyl halides is 1. The van der Waals surface area contributed by atoms with E-state index in [-0.39, 0.29) is 17.9 Å². The summed E-state index contributed by atoms with van der Waals surface area (Å²) in [5, 5.41) is 9.41. The Hall–Kier alpha value is 0.280. The summed E-state index contributed by atoms with van der Waals surface area (Å²) < 4.78 is 0. The van der Waals surface area contributed by atoms with Gasteiger partial charge in [0.2, 0.25) is 0 Å². The lowest BCUT2D eigenvalue weighted by atomic mass is 9.96. The van der Waals surface area contributed by atoms with E-state index in [0.717, 1.165) is 12.8 Å². The second-order valence-corrected chi connectivity index (χ2v) is 3.50.